The number of amides is 1. The van der Waals surface area contributed by atoms with Crippen molar-refractivity contribution in [2.75, 3.05) is 62.3 Å². The topological polar surface area (TPSA) is 87.8 Å². The van der Waals surface area contributed by atoms with Crippen LogP contribution in [-0.4, -0.2) is 79.5 Å². The lowest BCUT2D eigenvalue weighted by atomic mass is 9.96. The van der Waals surface area contributed by atoms with Crippen LogP contribution in [0, 0.1) is 5.92 Å². The fourth-order valence-electron chi connectivity index (χ4n) is 4.45. The molecule has 0 unspecified atom stereocenters. The van der Waals surface area contributed by atoms with Crippen molar-refractivity contribution in [3.05, 3.63) is 12.1 Å². The zero-order valence-corrected chi connectivity index (χ0v) is 15.9. The van der Waals surface area contributed by atoms with Crippen LogP contribution in [0.5, 0.6) is 0 Å². The fourth-order valence-corrected chi connectivity index (χ4v) is 4.45. The predicted molar refractivity (Wildman–Crippen MR) is 104 cm³/mol. The van der Waals surface area contributed by atoms with Crippen LogP contribution in [0.4, 0.5) is 11.6 Å². The Bertz CT molecular complexity index is 618. The smallest absolute Gasteiger partial charge is 0.220 e. The molecule has 4 rings (SSSR count). The SMILES string of the molecule is NC(=O)C1CCN(c2ccc(N3CCC(N4CCOCC4)CC3)nn2)CC1. The highest BCUT2D eigenvalue weighted by Crippen LogP contribution is 2.24. The van der Waals surface area contributed by atoms with Gasteiger partial charge >= 0.3 is 0 Å². The van der Waals surface area contributed by atoms with E-state index in [2.05, 4.69) is 37.0 Å². The highest BCUT2D eigenvalue weighted by Gasteiger charge is 2.27. The summed E-state index contributed by atoms with van der Waals surface area (Å²) in [6.07, 6.45) is 3.94. The van der Waals surface area contributed by atoms with E-state index in [1.165, 1.54) is 12.8 Å². The Kier molecular flexibility index (Phi) is 5.73. The van der Waals surface area contributed by atoms with Gasteiger partial charge in [-0.1, -0.05) is 0 Å². The van der Waals surface area contributed by atoms with Gasteiger partial charge in [-0.25, -0.2) is 0 Å². The number of hydrogen-bond acceptors (Lipinski definition) is 7. The molecule has 3 fully saturated rings. The van der Waals surface area contributed by atoms with Crippen molar-refractivity contribution < 1.29 is 9.53 Å². The van der Waals surface area contributed by atoms with Crippen LogP contribution in [0.1, 0.15) is 25.7 Å². The zero-order chi connectivity index (χ0) is 18.6. The monoisotopic (exact) mass is 374 g/mol. The summed E-state index contributed by atoms with van der Waals surface area (Å²) in [5, 5.41) is 8.93. The van der Waals surface area contributed by atoms with Crippen molar-refractivity contribution >= 4 is 17.5 Å². The fraction of sp³-hybridized carbons (Fsp3) is 0.737. The van der Waals surface area contributed by atoms with E-state index in [4.69, 9.17) is 10.5 Å². The average Bonchev–Trinajstić information content (AvgIpc) is 2.75. The lowest BCUT2D eigenvalue weighted by molar-refractivity contribution is -0.122. The van der Waals surface area contributed by atoms with Gasteiger partial charge in [0.15, 0.2) is 11.6 Å². The third-order valence-electron chi connectivity index (χ3n) is 6.21. The minimum atomic E-state index is -0.184. The van der Waals surface area contributed by atoms with Gasteiger partial charge in [-0.3, -0.25) is 9.69 Å². The quantitative estimate of drug-likeness (QED) is 0.820. The summed E-state index contributed by atoms with van der Waals surface area (Å²) >= 11 is 0. The minimum Gasteiger partial charge on any atom is -0.379 e. The van der Waals surface area contributed by atoms with Crippen molar-refractivity contribution in [2.45, 2.75) is 31.7 Å². The summed E-state index contributed by atoms with van der Waals surface area (Å²) in [6.45, 7) is 7.53. The van der Waals surface area contributed by atoms with E-state index in [1.54, 1.807) is 0 Å². The first-order valence-electron chi connectivity index (χ1n) is 10.2. The summed E-state index contributed by atoms with van der Waals surface area (Å²) < 4.78 is 5.46. The predicted octanol–water partition coefficient (Wildman–Crippen LogP) is 0.479. The number of carbonyl (C=O) groups is 1. The van der Waals surface area contributed by atoms with Crippen LogP contribution in [0.25, 0.3) is 0 Å². The molecule has 1 amide bonds. The number of piperidine rings is 2. The number of hydrogen-bond donors (Lipinski definition) is 1. The van der Waals surface area contributed by atoms with Crippen LogP contribution in [0.3, 0.4) is 0 Å². The second-order valence-corrected chi connectivity index (χ2v) is 7.78. The standard InChI is InChI=1S/C19H30N6O2/c20-19(26)15-3-7-24(8-4-15)17-1-2-18(22-21-17)25-9-5-16(6-10-25)23-11-13-27-14-12-23/h1-2,15-16H,3-14H2,(H2,20,26). The maximum atomic E-state index is 11.3. The molecule has 4 heterocycles. The van der Waals surface area contributed by atoms with Gasteiger partial charge in [0.2, 0.25) is 5.91 Å². The van der Waals surface area contributed by atoms with E-state index in [-0.39, 0.29) is 11.8 Å². The van der Waals surface area contributed by atoms with E-state index < -0.39 is 0 Å². The third-order valence-corrected chi connectivity index (χ3v) is 6.21. The molecule has 1 aromatic heterocycles. The largest absolute Gasteiger partial charge is 0.379 e. The third kappa shape index (κ3) is 4.32. The number of carbonyl (C=O) groups excluding carboxylic acids is 1. The maximum Gasteiger partial charge on any atom is 0.220 e. The van der Waals surface area contributed by atoms with Gasteiger partial charge in [-0.15, -0.1) is 10.2 Å². The molecule has 0 aromatic carbocycles. The van der Waals surface area contributed by atoms with Crippen molar-refractivity contribution in [1.29, 1.82) is 0 Å². The Morgan fingerprint density at radius 1 is 0.889 bits per heavy atom. The molecule has 1 aromatic rings. The maximum absolute atomic E-state index is 11.3. The molecule has 0 bridgehead atoms. The summed E-state index contributed by atoms with van der Waals surface area (Å²) in [4.78, 5) is 18.4. The Balaban J connectivity index is 1.29. The summed E-state index contributed by atoms with van der Waals surface area (Å²) in [6, 6.07) is 4.81. The van der Waals surface area contributed by atoms with Crippen molar-refractivity contribution in [3.63, 3.8) is 0 Å². The molecule has 3 aliphatic heterocycles. The second kappa shape index (κ2) is 8.39. The molecule has 0 aliphatic carbocycles. The average molecular weight is 374 g/mol. The number of primary amides is 1. The van der Waals surface area contributed by atoms with Crippen LogP contribution in [-0.2, 0) is 9.53 Å². The van der Waals surface area contributed by atoms with Gasteiger partial charge in [0.25, 0.3) is 0 Å². The van der Waals surface area contributed by atoms with Gasteiger partial charge in [0.1, 0.15) is 0 Å². The number of morpholine rings is 1. The van der Waals surface area contributed by atoms with Crippen LogP contribution in [0.2, 0.25) is 0 Å². The summed E-state index contributed by atoms with van der Waals surface area (Å²) in [7, 11) is 0. The highest BCUT2D eigenvalue weighted by molar-refractivity contribution is 5.77. The van der Waals surface area contributed by atoms with Gasteiger partial charge < -0.3 is 20.3 Å². The molecule has 0 saturated carbocycles. The van der Waals surface area contributed by atoms with Crippen molar-refractivity contribution in [3.8, 4) is 0 Å². The van der Waals surface area contributed by atoms with Crippen LogP contribution in [0.15, 0.2) is 12.1 Å². The molecule has 3 aliphatic rings. The molecule has 8 nitrogen and oxygen atoms in total. The molecule has 148 valence electrons. The van der Waals surface area contributed by atoms with E-state index in [9.17, 15) is 4.79 Å². The van der Waals surface area contributed by atoms with Gasteiger partial charge in [-0.2, -0.15) is 0 Å². The lowest BCUT2D eigenvalue weighted by Crippen LogP contribution is -2.49. The molecule has 0 spiro atoms. The van der Waals surface area contributed by atoms with Crippen LogP contribution >= 0.6 is 0 Å². The highest BCUT2D eigenvalue weighted by atomic mass is 16.5. The van der Waals surface area contributed by atoms with E-state index in [0.717, 1.165) is 77.0 Å². The summed E-state index contributed by atoms with van der Waals surface area (Å²) in [5.74, 6) is 1.67. The molecule has 0 atom stereocenters. The molecule has 2 N–H and O–H groups in total. The molecule has 3 saturated heterocycles. The molecule has 0 radical (unpaired) electrons. The van der Waals surface area contributed by atoms with Gasteiger partial charge in [0.05, 0.1) is 13.2 Å². The van der Waals surface area contributed by atoms with E-state index in [1.807, 2.05) is 0 Å². The van der Waals surface area contributed by atoms with Gasteiger partial charge in [0, 0.05) is 51.2 Å². The lowest BCUT2D eigenvalue weighted by Gasteiger charge is -2.40. The van der Waals surface area contributed by atoms with Crippen molar-refractivity contribution in [1.82, 2.24) is 15.1 Å². The molecular weight excluding hydrogens is 344 g/mol. The Morgan fingerprint density at radius 3 is 1.89 bits per heavy atom. The molecule has 27 heavy (non-hydrogen) atoms. The normalized spacial score (nSPS) is 23.6. The number of aromatic nitrogens is 2. The minimum absolute atomic E-state index is 0.00115. The van der Waals surface area contributed by atoms with E-state index >= 15 is 0 Å². The Morgan fingerprint density at radius 2 is 1.41 bits per heavy atom. The first kappa shape index (κ1) is 18.4. The first-order chi connectivity index (χ1) is 13.2. The van der Waals surface area contributed by atoms with E-state index in [0.29, 0.717) is 6.04 Å². The zero-order valence-electron chi connectivity index (χ0n) is 15.9. The number of nitrogens with zero attached hydrogens (tertiary/aromatic N) is 5. The number of anilines is 2. The first-order valence-corrected chi connectivity index (χ1v) is 10.2. The number of rotatable bonds is 4. The van der Waals surface area contributed by atoms with Crippen LogP contribution < -0.4 is 15.5 Å². The van der Waals surface area contributed by atoms with Crippen molar-refractivity contribution in [2.24, 2.45) is 11.7 Å². The Hall–Kier alpha value is -1.93. The molecule has 8 heteroatoms. The summed E-state index contributed by atoms with van der Waals surface area (Å²) in [5.41, 5.74) is 5.41. The second-order valence-electron chi connectivity index (χ2n) is 7.78. The molecular formula is C19H30N6O2. The Labute approximate surface area is 160 Å². The number of nitrogens with two attached hydrogens (primary N) is 1. The van der Waals surface area contributed by atoms with Gasteiger partial charge in [-0.05, 0) is 37.8 Å². The number of ether oxygens (including phenoxy) is 1.